The zero-order valence-electron chi connectivity index (χ0n) is 21.6. The van der Waals surface area contributed by atoms with Crippen molar-refractivity contribution in [3.05, 3.63) is 0 Å². The highest BCUT2D eigenvalue weighted by atomic mass is 16.6. The first kappa shape index (κ1) is 28.4. The standard InChI is InChI=1S/C25H45N3O6/c1-6-17(2)21(23(31)32)27-28(14-10-13-20(28)22(29)30)16-19(15-18-11-8-7-9-12-18)26-24(33)34-25(3,4)5/h17-21,27H,6-16H2,1-5H3,(H2-,26,29,30,31,32,33)/p+1/t17-,19-,20-,21-,28?/m0/s1. The molecule has 1 aliphatic heterocycles. The Hall–Kier alpha value is -1.87. The highest BCUT2D eigenvalue weighted by Gasteiger charge is 2.51. The molecule has 1 aliphatic carbocycles. The fourth-order valence-electron chi connectivity index (χ4n) is 5.54. The summed E-state index contributed by atoms with van der Waals surface area (Å²) >= 11 is 0. The first-order valence-electron chi connectivity index (χ1n) is 13.0. The van der Waals surface area contributed by atoms with Gasteiger partial charge in [0.1, 0.15) is 12.1 Å². The Morgan fingerprint density at radius 3 is 2.24 bits per heavy atom. The molecule has 0 bridgehead atoms. The van der Waals surface area contributed by atoms with E-state index in [1.807, 2.05) is 34.6 Å². The summed E-state index contributed by atoms with van der Waals surface area (Å²) in [6, 6.07) is -1.96. The van der Waals surface area contributed by atoms with E-state index in [0.29, 0.717) is 38.3 Å². The van der Waals surface area contributed by atoms with E-state index in [-0.39, 0.29) is 16.6 Å². The van der Waals surface area contributed by atoms with Gasteiger partial charge in [0, 0.05) is 12.8 Å². The van der Waals surface area contributed by atoms with Crippen LogP contribution in [0.15, 0.2) is 0 Å². The smallest absolute Gasteiger partial charge is 0.408 e. The number of quaternary nitrogens is 1. The normalized spacial score (nSPS) is 26.4. The third-order valence-electron chi connectivity index (χ3n) is 7.40. The summed E-state index contributed by atoms with van der Waals surface area (Å²) in [5.74, 6) is -1.64. The second-order valence-corrected chi connectivity index (χ2v) is 11.3. The number of aliphatic carboxylic acids is 2. The summed E-state index contributed by atoms with van der Waals surface area (Å²) in [4.78, 5) is 37.1. The highest BCUT2D eigenvalue weighted by Crippen LogP contribution is 2.31. The van der Waals surface area contributed by atoms with Crippen LogP contribution in [0.3, 0.4) is 0 Å². The number of carboxylic acid groups (broad SMARTS) is 2. The monoisotopic (exact) mass is 484 g/mol. The molecule has 2 rings (SSSR count). The van der Waals surface area contributed by atoms with Crippen LogP contribution < -0.4 is 10.7 Å². The van der Waals surface area contributed by atoms with Crippen LogP contribution in [0.4, 0.5) is 4.79 Å². The lowest BCUT2D eigenvalue weighted by atomic mass is 9.84. The third kappa shape index (κ3) is 8.12. The van der Waals surface area contributed by atoms with E-state index in [2.05, 4.69) is 10.7 Å². The van der Waals surface area contributed by atoms with Gasteiger partial charge in [-0.05, 0) is 39.0 Å². The molecule has 1 amide bonds. The Balaban J connectivity index is 2.34. The lowest BCUT2D eigenvalue weighted by molar-refractivity contribution is -0.976. The molecule has 0 aromatic heterocycles. The second-order valence-electron chi connectivity index (χ2n) is 11.3. The Labute approximate surface area is 204 Å². The molecular weight excluding hydrogens is 438 g/mol. The Kier molecular flexibility index (Phi) is 10.2. The van der Waals surface area contributed by atoms with Crippen LogP contribution >= 0.6 is 0 Å². The summed E-state index contributed by atoms with van der Waals surface area (Å²) in [6.07, 6.45) is 7.74. The second kappa shape index (κ2) is 12.2. The quantitative estimate of drug-likeness (QED) is 0.328. The molecule has 4 N–H and O–H groups in total. The van der Waals surface area contributed by atoms with Gasteiger partial charge in [-0.2, -0.15) is 5.43 Å². The zero-order chi connectivity index (χ0) is 25.5. The van der Waals surface area contributed by atoms with Crippen molar-refractivity contribution in [3.8, 4) is 0 Å². The lowest BCUT2D eigenvalue weighted by Crippen LogP contribution is -2.71. The number of likely N-dealkylation sites (tertiary alicyclic amines) is 1. The maximum absolute atomic E-state index is 12.7. The minimum Gasteiger partial charge on any atom is -0.480 e. The van der Waals surface area contributed by atoms with Gasteiger partial charge in [0.15, 0.2) is 6.04 Å². The molecule has 0 aromatic carbocycles. The van der Waals surface area contributed by atoms with Gasteiger partial charge in [-0.15, -0.1) is 0 Å². The van der Waals surface area contributed by atoms with Gasteiger partial charge in [-0.1, -0.05) is 52.4 Å². The van der Waals surface area contributed by atoms with E-state index < -0.39 is 35.7 Å². The van der Waals surface area contributed by atoms with Crippen molar-refractivity contribution in [3.63, 3.8) is 0 Å². The van der Waals surface area contributed by atoms with Crippen molar-refractivity contribution in [1.82, 2.24) is 10.7 Å². The van der Waals surface area contributed by atoms with Crippen molar-refractivity contribution >= 4 is 18.0 Å². The molecule has 1 heterocycles. The molecule has 0 radical (unpaired) electrons. The molecule has 2 aliphatic rings. The van der Waals surface area contributed by atoms with Gasteiger partial charge in [0.25, 0.3) is 0 Å². The van der Waals surface area contributed by atoms with Crippen molar-refractivity contribution in [2.24, 2.45) is 11.8 Å². The molecule has 9 nitrogen and oxygen atoms in total. The van der Waals surface area contributed by atoms with E-state index in [9.17, 15) is 24.6 Å². The molecule has 2 fully saturated rings. The van der Waals surface area contributed by atoms with E-state index in [1.54, 1.807) is 0 Å². The first-order valence-corrected chi connectivity index (χ1v) is 13.0. The average Bonchev–Trinajstić information content (AvgIpc) is 3.14. The predicted octanol–water partition coefficient (Wildman–Crippen LogP) is 3.92. The number of nitrogens with zero attached hydrogens (tertiary/aromatic N) is 1. The number of hydrogen-bond acceptors (Lipinski definition) is 5. The molecule has 5 atom stereocenters. The van der Waals surface area contributed by atoms with Gasteiger partial charge in [0.2, 0.25) is 6.04 Å². The zero-order valence-corrected chi connectivity index (χ0v) is 21.6. The molecule has 1 unspecified atom stereocenters. The number of carbonyl (C=O) groups is 3. The third-order valence-corrected chi connectivity index (χ3v) is 7.40. The number of nitrogens with one attached hydrogen (secondary N) is 2. The molecule has 196 valence electrons. The van der Waals surface area contributed by atoms with Crippen LogP contribution in [0, 0.1) is 11.8 Å². The highest BCUT2D eigenvalue weighted by molar-refractivity contribution is 5.74. The van der Waals surface area contributed by atoms with Crippen molar-refractivity contribution in [2.75, 3.05) is 13.1 Å². The summed E-state index contributed by atoms with van der Waals surface area (Å²) < 4.78 is 5.48. The first-order chi connectivity index (χ1) is 15.9. The Morgan fingerprint density at radius 1 is 1.06 bits per heavy atom. The van der Waals surface area contributed by atoms with Crippen LogP contribution in [0.2, 0.25) is 0 Å². The Bertz CT molecular complexity index is 703. The number of hydrogen-bond donors (Lipinski definition) is 4. The predicted molar refractivity (Wildman–Crippen MR) is 129 cm³/mol. The largest absolute Gasteiger partial charge is 0.480 e. The van der Waals surface area contributed by atoms with Gasteiger partial charge in [0.05, 0.1) is 12.6 Å². The fraction of sp³-hybridized carbons (Fsp3) is 0.880. The lowest BCUT2D eigenvalue weighted by Gasteiger charge is -2.43. The summed E-state index contributed by atoms with van der Waals surface area (Å²) in [5.41, 5.74) is 2.62. The molecule has 9 heteroatoms. The van der Waals surface area contributed by atoms with Crippen LogP contribution in [0.1, 0.15) is 92.4 Å². The molecule has 1 saturated carbocycles. The van der Waals surface area contributed by atoms with Crippen LogP contribution in [-0.4, -0.2) is 69.7 Å². The topological polar surface area (TPSA) is 125 Å². The maximum atomic E-state index is 12.7. The SMILES string of the molecule is CC[C@H](C)[C@H](N[N+]1(C[C@H](CC2CCCCC2)NC(=O)OC(C)(C)C)CCC[C@H]1C(=O)O)C(=O)O. The van der Waals surface area contributed by atoms with Crippen molar-refractivity contribution in [2.45, 2.75) is 116 Å². The van der Waals surface area contributed by atoms with Gasteiger partial charge in [-0.25, -0.2) is 14.2 Å². The summed E-state index contributed by atoms with van der Waals surface area (Å²) in [7, 11) is 0. The minimum absolute atomic E-state index is 0.0379. The number of ether oxygens (including phenoxy) is 1. The van der Waals surface area contributed by atoms with E-state index in [1.165, 1.54) is 6.42 Å². The number of alkyl carbamates (subject to hydrolysis) is 1. The van der Waals surface area contributed by atoms with Gasteiger partial charge in [-0.3, -0.25) is 4.79 Å². The molecule has 1 saturated heterocycles. The van der Waals surface area contributed by atoms with Crippen LogP contribution in [-0.2, 0) is 14.3 Å². The van der Waals surface area contributed by atoms with Crippen LogP contribution in [0.5, 0.6) is 0 Å². The average molecular weight is 485 g/mol. The minimum atomic E-state index is -0.980. The van der Waals surface area contributed by atoms with Crippen molar-refractivity contribution in [1.29, 1.82) is 0 Å². The van der Waals surface area contributed by atoms with Crippen molar-refractivity contribution < 1.29 is 33.9 Å². The van der Waals surface area contributed by atoms with E-state index in [4.69, 9.17) is 4.74 Å². The molecule has 0 spiro atoms. The van der Waals surface area contributed by atoms with E-state index >= 15 is 0 Å². The number of carboxylic acids is 2. The van der Waals surface area contributed by atoms with Crippen LogP contribution in [0.25, 0.3) is 0 Å². The van der Waals surface area contributed by atoms with Gasteiger partial charge >= 0.3 is 18.0 Å². The molecular formula is C25H46N3O6+. The Morgan fingerprint density at radius 2 is 1.71 bits per heavy atom. The summed E-state index contributed by atoms with van der Waals surface area (Å²) in [6.45, 7) is 10.0. The number of rotatable bonds is 11. The fourth-order valence-corrected chi connectivity index (χ4v) is 5.54. The summed E-state index contributed by atoms with van der Waals surface area (Å²) in [5, 5.41) is 23.0. The maximum Gasteiger partial charge on any atom is 0.408 e. The molecule has 0 aromatic rings. The van der Waals surface area contributed by atoms with Gasteiger partial charge < -0.3 is 20.3 Å². The number of amides is 1. The van der Waals surface area contributed by atoms with E-state index in [0.717, 1.165) is 32.1 Å². The number of carbonyl (C=O) groups excluding carboxylic acids is 1. The molecule has 34 heavy (non-hydrogen) atoms.